The van der Waals surface area contributed by atoms with Crippen molar-refractivity contribution in [2.75, 3.05) is 11.1 Å². The predicted molar refractivity (Wildman–Crippen MR) is 76.7 cm³/mol. The molecular weight excluding hydrogens is 314 g/mol. The molecular formula is C11H10BrN5S. The van der Waals surface area contributed by atoms with Crippen LogP contribution < -0.4 is 11.1 Å². The minimum atomic E-state index is 0.468. The van der Waals surface area contributed by atoms with E-state index in [1.165, 1.54) is 4.88 Å². The summed E-state index contributed by atoms with van der Waals surface area (Å²) < 4.78 is 2.95. The lowest BCUT2D eigenvalue weighted by Crippen LogP contribution is -2.05. The van der Waals surface area contributed by atoms with Gasteiger partial charge in [-0.05, 0) is 22.0 Å². The predicted octanol–water partition coefficient (Wildman–Crippen LogP) is 2.75. The normalized spacial score (nSPS) is 10.9. The highest BCUT2D eigenvalue weighted by atomic mass is 79.9. The van der Waals surface area contributed by atoms with Crippen molar-refractivity contribution < 1.29 is 0 Å². The average Bonchev–Trinajstić information content (AvgIpc) is 2.94. The van der Waals surface area contributed by atoms with Crippen LogP contribution in [0.25, 0.3) is 5.65 Å². The van der Waals surface area contributed by atoms with Gasteiger partial charge >= 0.3 is 0 Å². The lowest BCUT2D eigenvalue weighted by atomic mass is 10.4. The van der Waals surface area contributed by atoms with E-state index in [4.69, 9.17) is 5.73 Å². The smallest absolute Gasteiger partial charge is 0.180 e. The summed E-state index contributed by atoms with van der Waals surface area (Å²) in [5, 5.41) is 5.31. The van der Waals surface area contributed by atoms with E-state index in [1.54, 1.807) is 23.7 Å². The van der Waals surface area contributed by atoms with Gasteiger partial charge in [0.2, 0.25) is 0 Å². The lowest BCUT2D eigenvalue weighted by molar-refractivity contribution is 1.09. The van der Waals surface area contributed by atoms with Gasteiger partial charge in [-0.3, -0.25) is 0 Å². The number of hydrogen-bond acceptors (Lipinski definition) is 5. The average molecular weight is 324 g/mol. The number of fused-ring (bicyclic) bond motifs is 1. The molecule has 0 unspecified atom stereocenters. The number of imidazole rings is 1. The van der Waals surface area contributed by atoms with E-state index in [1.807, 2.05) is 10.6 Å². The Kier molecular flexibility index (Phi) is 2.92. The molecule has 0 aromatic carbocycles. The molecule has 0 fully saturated rings. The van der Waals surface area contributed by atoms with Gasteiger partial charge in [0.15, 0.2) is 11.5 Å². The van der Waals surface area contributed by atoms with Crippen LogP contribution in [0.2, 0.25) is 0 Å². The molecule has 0 aliphatic heterocycles. The second-order valence-corrected chi connectivity index (χ2v) is 5.67. The van der Waals surface area contributed by atoms with Gasteiger partial charge in [-0.2, -0.15) is 0 Å². The first kappa shape index (κ1) is 11.5. The van der Waals surface area contributed by atoms with Gasteiger partial charge < -0.3 is 15.5 Å². The lowest BCUT2D eigenvalue weighted by Gasteiger charge is -2.06. The molecule has 3 rings (SSSR count). The number of halogens is 1. The molecule has 92 valence electrons. The van der Waals surface area contributed by atoms with Crippen molar-refractivity contribution in [3.8, 4) is 0 Å². The van der Waals surface area contributed by atoms with Crippen LogP contribution in [0, 0.1) is 0 Å². The van der Waals surface area contributed by atoms with Gasteiger partial charge in [0, 0.05) is 27.1 Å². The van der Waals surface area contributed by atoms with E-state index in [2.05, 4.69) is 42.7 Å². The molecule has 0 amide bonds. The summed E-state index contributed by atoms with van der Waals surface area (Å²) >= 11 is 5.12. The standard InChI is InChI=1S/C11H10BrN5S/c12-7-3-8(18-6-7)4-15-10-11-14-1-2-17(11)5-9(13)16-10/h1-3,5-6H,4,13H2,(H,15,16). The number of aromatic nitrogens is 3. The summed E-state index contributed by atoms with van der Waals surface area (Å²) in [4.78, 5) is 9.74. The van der Waals surface area contributed by atoms with Crippen molar-refractivity contribution in [3.05, 3.63) is 39.4 Å². The minimum Gasteiger partial charge on any atom is -0.382 e. The summed E-state index contributed by atoms with van der Waals surface area (Å²) in [5.41, 5.74) is 6.53. The molecule has 3 aromatic rings. The number of thiophene rings is 1. The summed E-state index contributed by atoms with van der Waals surface area (Å²) in [6.07, 6.45) is 5.32. The number of rotatable bonds is 3. The third kappa shape index (κ3) is 2.19. The Hall–Kier alpha value is -1.60. The molecule has 0 saturated carbocycles. The van der Waals surface area contributed by atoms with Crippen molar-refractivity contribution in [2.24, 2.45) is 0 Å². The highest BCUT2D eigenvalue weighted by molar-refractivity contribution is 9.10. The van der Waals surface area contributed by atoms with E-state index in [9.17, 15) is 0 Å². The monoisotopic (exact) mass is 323 g/mol. The summed E-state index contributed by atoms with van der Waals surface area (Å²) in [5.74, 6) is 1.17. The first-order valence-electron chi connectivity index (χ1n) is 5.28. The maximum atomic E-state index is 5.75. The maximum absolute atomic E-state index is 5.75. The molecule has 7 heteroatoms. The molecule has 0 radical (unpaired) electrons. The molecule has 0 saturated heterocycles. The van der Waals surface area contributed by atoms with Crippen LogP contribution in [0.5, 0.6) is 0 Å². The number of nitrogens with one attached hydrogen (secondary N) is 1. The largest absolute Gasteiger partial charge is 0.382 e. The summed E-state index contributed by atoms with van der Waals surface area (Å²) in [7, 11) is 0. The molecule has 0 bridgehead atoms. The van der Waals surface area contributed by atoms with Gasteiger partial charge in [-0.15, -0.1) is 11.3 Å². The molecule has 0 aliphatic rings. The SMILES string of the molecule is Nc1cn2ccnc2c(NCc2cc(Br)cs2)n1. The fourth-order valence-corrected chi connectivity index (χ4v) is 3.08. The Labute approximate surface area is 116 Å². The van der Waals surface area contributed by atoms with Crippen molar-refractivity contribution in [1.29, 1.82) is 0 Å². The molecule has 3 heterocycles. The number of anilines is 2. The van der Waals surface area contributed by atoms with Crippen molar-refractivity contribution in [1.82, 2.24) is 14.4 Å². The second kappa shape index (κ2) is 4.58. The van der Waals surface area contributed by atoms with E-state index in [0.717, 1.165) is 10.1 Å². The van der Waals surface area contributed by atoms with Gasteiger partial charge in [-0.1, -0.05) is 0 Å². The van der Waals surface area contributed by atoms with Crippen molar-refractivity contribution >= 4 is 44.5 Å². The molecule has 0 atom stereocenters. The fraction of sp³-hybridized carbons (Fsp3) is 0.0909. The van der Waals surface area contributed by atoms with Crippen LogP contribution in [-0.2, 0) is 6.54 Å². The Bertz CT molecular complexity index is 690. The van der Waals surface area contributed by atoms with Gasteiger partial charge in [0.25, 0.3) is 0 Å². The van der Waals surface area contributed by atoms with Gasteiger partial charge in [0.1, 0.15) is 5.82 Å². The van der Waals surface area contributed by atoms with Gasteiger partial charge in [0.05, 0.1) is 12.7 Å². The fourth-order valence-electron chi connectivity index (χ4n) is 1.69. The maximum Gasteiger partial charge on any atom is 0.180 e. The zero-order valence-electron chi connectivity index (χ0n) is 9.30. The van der Waals surface area contributed by atoms with E-state index in [0.29, 0.717) is 18.2 Å². The zero-order valence-corrected chi connectivity index (χ0v) is 11.7. The Morgan fingerprint density at radius 1 is 1.50 bits per heavy atom. The number of nitrogens with two attached hydrogens (primary N) is 1. The zero-order chi connectivity index (χ0) is 12.5. The first-order chi connectivity index (χ1) is 8.72. The van der Waals surface area contributed by atoms with E-state index < -0.39 is 0 Å². The molecule has 0 aliphatic carbocycles. The summed E-state index contributed by atoms with van der Waals surface area (Å²) in [6.45, 7) is 0.704. The van der Waals surface area contributed by atoms with E-state index >= 15 is 0 Å². The number of nitrogen functional groups attached to an aromatic ring is 1. The Morgan fingerprint density at radius 3 is 3.17 bits per heavy atom. The topological polar surface area (TPSA) is 68.2 Å². The molecule has 5 nitrogen and oxygen atoms in total. The van der Waals surface area contributed by atoms with Crippen LogP contribution in [0.1, 0.15) is 4.88 Å². The minimum absolute atomic E-state index is 0.468. The third-order valence-electron chi connectivity index (χ3n) is 2.44. The van der Waals surface area contributed by atoms with Crippen LogP contribution in [0.4, 0.5) is 11.6 Å². The van der Waals surface area contributed by atoms with Crippen molar-refractivity contribution in [3.63, 3.8) is 0 Å². The van der Waals surface area contributed by atoms with E-state index in [-0.39, 0.29) is 0 Å². The molecule has 0 spiro atoms. The molecule has 18 heavy (non-hydrogen) atoms. The quantitative estimate of drug-likeness (QED) is 0.777. The first-order valence-corrected chi connectivity index (χ1v) is 6.95. The molecule has 3 N–H and O–H groups in total. The summed E-state index contributed by atoms with van der Waals surface area (Å²) in [6, 6.07) is 2.08. The van der Waals surface area contributed by atoms with Crippen LogP contribution in [0.3, 0.4) is 0 Å². The van der Waals surface area contributed by atoms with Crippen molar-refractivity contribution in [2.45, 2.75) is 6.54 Å². The highest BCUT2D eigenvalue weighted by Gasteiger charge is 2.06. The number of nitrogens with zero attached hydrogens (tertiary/aromatic N) is 3. The molecule has 3 aromatic heterocycles. The van der Waals surface area contributed by atoms with Gasteiger partial charge in [-0.25, -0.2) is 9.97 Å². The highest BCUT2D eigenvalue weighted by Crippen LogP contribution is 2.21. The Morgan fingerprint density at radius 2 is 2.39 bits per heavy atom. The number of hydrogen-bond donors (Lipinski definition) is 2. The van der Waals surface area contributed by atoms with Crippen LogP contribution >= 0.6 is 27.3 Å². The Balaban J connectivity index is 1.87. The van der Waals surface area contributed by atoms with Crippen LogP contribution in [-0.4, -0.2) is 14.4 Å². The van der Waals surface area contributed by atoms with Crippen LogP contribution in [0.15, 0.2) is 34.5 Å². The third-order valence-corrected chi connectivity index (χ3v) is 4.14. The second-order valence-electron chi connectivity index (χ2n) is 3.76.